The van der Waals surface area contributed by atoms with Crippen molar-refractivity contribution in [1.29, 1.82) is 0 Å². The predicted octanol–water partition coefficient (Wildman–Crippen LogP) is 2.29. The summed E-state index contributed by atoms with van der Waals surface area (Å²) >= 11 is 0. The van der Waals surface area contributed by atoms with E-state index >= 15 is 0 Å². The molecule has 5 heteroatoms. The minimum atomic E-state index is 0.204. The number of carbonyl (C=O) groups excluding carboxylic acids is 1. The number of methoxy groups -OCH3 is 1. The lowest BCUT2D eigenvalue weighted by molar-refractivity contribution is -0.141. The van der Waals surface area contributed by atoms with Crippen molar-refractivity contribution in [3.63, 3.8) is 0 Å². The molecular formula is C20H34N2O3. The highest BCUT2D eigenvalue weighted by Gasteiger charge is 2.49. The van der Waals surface area contributed by atoms with Crippen LogP contribution < -0.4 is 0 Å². The number of amides is 1. The molecule has 1 saturated carbocycles. The van der Waals surface area contributed by atoms with Gasteiger partial charge in [0.1, 0.15) is 0 Å². The molecule has 0 N–H and O–H groups in total. The third-order valence-electron chi connectivity index (χ3n) is 7.08. The van der Waals surface area contributed by atoms with Crippen LogP contribution in [0.1, 0.15) is 51.4 Å². The average molecular weight is 351 g/mol. The van der Waals surface area contributed by atoms with Gasteiger partial charge in [0.15, 0.2) is 0 Å². The molecule has 142 valence electrons. The fourth-order valence-corrected chi connectivity index (χ4v) is 5.29. The van der Waals surface area contributed by atoms with Crippen LogP contribution in [0.4, 0.5) is 0 Å². The van der Waals surface area contributed by atoms with Gasteiger partial charge in [0, 0.05) is 57.5 Å². The van der Waals surface area contributed by atoms with Gasteiger partial charge in [0.05, 0.1) is 6.61 Å². The largest absolute Gasteiger partial charge is 0.383 e. The Morgan fingerprint density at radius 1 is 1.08 bits per heavy atom. The molecular weight excluding hydrogens is 316 g/mol. The molecule has 0 aromatic heterocycles. The molecule has 25 heavy (non-hydrogen) atoms. The van der Waals surface area contributed by atoms with Gasteiger partial charge in [-0.15, -0.1) is 0 Å². The van der Waals surface area contributed by atoms with E-state index in [1.807, 2.05) is 7.11 Å². The Hall–Kier alpha value is -0.650. The third-order valence-corrected chi connectivity index (χ3v) is 7.08. The quantitative estimate of drug-likeness (QED) is 0.763. The molecule has 0 unspecified atom stereocenters. The van der Waals surface area contributed by atoms with Crippen molar-refractivity contribution in [3.05, 3.63) is 0 Å². The Morgan fingerprint density at radius 3 is 2.44 bits per heavy atom. The maximum absolute atomic E-state index is 12.8. The summed E-state index contributed by atoms with van der Waals surface area (Å²) in [6, 6.07) is 0.586. The topological polar surface area (TPSA) is 42.0 Å². The summed E-state index contributed by atoms with van der Waals surface area (Å²) < 4.78 is 10.9. The molecule has 1 aliphatic carbocycles. The summed E-state index contributed by atoms with van der Waals surface area (Å²) in [4.78, 5) is 17.8. The minimum Gasteiger partial charge on any atom is -0.383 e. The normalized spacial score (nSPS) is 30.9. The number of carbonyl (C=O) groups is 1. The Balaban J connectivity index is 1.37. The molecule has 4 fully saturated rings. The SMILES string of the molecule is COC[C@@H]1CCC2(CCN(C(=O)C3CCOCC3)CC2)N1CC1CC1. The Labute approximate surface area is 152 Å². The van der Waals surface area contributed by atoms with Crippen molar-refractivity contribution < 1.29 is 14.3 Å². The number of piperidine rings is 1. The molecule has 1 amide bonds. The zero-order valence-electron chi connectivity index (χ0n) is 15.8. The molecule has 0 bridgehead atoms. The molecule has 3 aliphatic heterocycles. The van der Waals surface area contributed by atoms with E-state index in [-0.39, 0.29) is 5.92 Å². The van der Waals surface area contributed by atoms with Crippen molar-refractivity contribution >= 4 is 5.91 Å². The highest BCUT2D eigenvalue weighted by atomic mass is 16.5. The highest BCUT2D eigenvalue weighted by Crippen LogP contribution is 2.44. The van der Waals surface area contributed by atoms with E-state index < -0.39 is 0 Å². The van der Waals surface area contributed by atoms with Crippen LogP contribution in [0.5, 0.6) is 0 Å². The lowest BCUT2D eigenvalue weighted by atomic mass is 9.84. The zero-order valence-corrected chi connectivity index (χ0v) is 15.8. The fraction of sp³-hybridized carbons (Fsp3) is 0.950. The summed E-state index contributed by atoms with van der Waals surface area (Å²) in [5.74, 6) is 1.50. The van der Waals surface area contributed by atoms with Crippen LogP contribution in [0.15, 0.2) is 0 Å². The van der Waals surface area contributed by atoms with E-state index in [9.17, 15) is 4.79 Å². The second-order valence-corrected chi connectivity index (χ2v) is 8.68. The minimum absolute atomic E-state index is 0.204. The van der Waals surface area contributed by atoms with E-state index in [1.54, 1.807) is 0 Å². The van der Waals surface area contributed by atoms with Crippen LogP contribution in [-0.4, -0.2) is 73.9 Å². The third kappa shape index (κ3) is 3.74. The lowest BCUT2D eigenvalue weighted by Crippen LogP contribution is -2.56. The zero-order chi connectivity index (χ0) is 17.3. The summed E-state index contributed by atoms with van der Waals surface area (Å²) in [5, 5.41) is 0. The molecule has 0 aromatic carbocycles. The molecule has 1 atom stereocenters. The average Bonchev–Trinajstić information content (AvgIpc) is 3.43. The number of nitrogens with zero attached hydrogens (tertiary/aromatic N) is 2. The Bertz CT molecular complexity index is 466. The number of hydrogen-bond acceptors (Lipinski definition) is 4. The van der Waals surface area contributed by atoms with Gasteiger partial charge in [-0.3, -0.25) is 9.69 Å². The number of rotatable bonds is 5. The number of hydrogen-bond donors (Lipinski definition) is 0. The molecule has 3 saturated heterocycles. The van der Waals surface area contributed by atoms with Crippen molar-refractivity contribution in [3.8, 4) is 0 Å². The number of likely N-dealkylation sites (tertiary alicyclic amines) is 2. The van der Waals surface area contributed by atoms with Crippen molar-refractivity contribution in [2.45, 2.75) is 62.9 Å². The van der Waals surface area contributed by atoms with Crippen LogP contribution in [0.25, 0.3) is 0 Å². The lowest BCUT2D eigenvalue weighted by Gasteiger charge is -2.47. The molecule has 0 aromatic rings. The van der Waals surface area contributed by atoms with Gasteiger partial charge < -0.3 is 14.4 Å². The molecule has 3 heterocycles. The molecule has 1 spiro atoms. The van der Waals surface area contributed by atoms with E-state index in [0.29, 0.717) is 17.5 Å². The molecule has 4 aliphatic rings. The number of ether oxygens (including phenoxy) is 2. The van der Waals surface area contributed by atoms with Gasteiger partial charge in [-0.05, 0) is 57.3 Å². The molecule has 4 rings (SSSR count). The van der Waals surface area contributed by atoms with E-state index in [4.69, 9.17) is 9.47 Å². The van der Waals surface area contributed by atoms with E-state index in [1.165, 1.54) is 32.2 Å². The maximum atomic E-state index is 12.8. The fourth-order valence-electron chi connectivity index (χ4n) is 5.29. The first-order valence-corrected chi connectivity index (χ1v) is 10.3. The maximum Gasteiger partial charge on any atom is 0.225 e. The van der Waals surface area contributed by atoms with Crippen molar-refractivity contribution in [2.24, 2.45) is 11.8 Å². The summed E-state index contributed by atoms with van der Waals surface area (Å²) in [6.07, 6.45) is 9.46. The highest BCUT2D eigenvalue weighted by molar-refractivity contribution is 5.79. The van der Waals surface area contributed by atoms with Gasteiger partial charge in [-0.25, -0.2) is 0 Å². The summed E-state index contributed by atoms with van der Waals surface area (Å²) in [7, 11) is 1.83. The second-order valence-electron chi connectivity index (χ2n) is 8.68. The Kier molecular flexibility index (Phi) is 5.35. The van der Waals surface area contributed by atoms with Gasteiger partial charge in [0.25, 0.3) is 0 Å². The van der Waals surface area contributed by atoms with Crippen LogP contribution in [0, 0.1) is 11.8 Å². The van der Waals surface area contributed by atoms with Crippen LogP contribution in [0.3, 0.4) is 0 Å². The van der Waals surface area contributed by atoms with E-state index in [2.05, 4.69) is 9.80 Å². The molecule has 0 radical (unpaired) electrons. The predicted molar refractivity (Wildman–Crippen MR) is 96.4 cm³/mol. The molecule has 5 nitrogen and oxygen atoms in total. The summed E-state index contributed by atoms with van der Waals surface area (Å²) in [6.45, 7) is 5.50. The van der Waals surface area contributed by atoms with Crippen LogP contribution in [0.2, 0.25) is 0 Å². The monoisotopic (exact) mass is 350 g/mol. The van der Waals surface area contributed by atoms with Gasteiger partial charge in [-0.1, -0.05) is 0 Å². The van der Waals surface area contributed by atoms with Gasteiger partial charge in [-0.2, -0.15) is 0 Å². The van der Waals surface area contributed by atoms with Gasteiger partial charge in [0.2, 0.25) is 5.91 Å². The first-order chi connectivity index (χ1) is 12.2. The first-order valence-electron chi connectivity index (χ1n) is 10.3. The standard InChI is InChI=1S/C20H34N2O3/c1-24-15-18-4-7-20(22(18)14-16-2-3-16)8-10-21(11-9-20)19(23)17-5-12-25-13-6-17/h16-18H,2-15H2,1H3/t18-/m0/s1. The smallest absolute Gasteiger partial charge is 0.225 e. The van der Waals surface area contributed by atoms with Crippen LogP contribution in [-0.2, 0) is 14.3 Å². The first kappa shape index (κ1) is 17.7. The van der Waals surface area contributed by atoms with Crippen LogP contribution >= 0.6 is 0 Å². The second kappa shape index (κ2) is 7.53. The van der Waals surface area contributed by atoms with E-state index in [0.717, 1.165) is 64.5 Å². The van der Waals surface area contributed by atoms with Crippen molar-refractivity contribution in [2.75, 3.05) is 46.6 Å². The van der Waals surface area contributed by atoms with Crippen molar-refractivity contribution in [1.82, 2.24) is 9.80 Å². The van der Waals surface area contributed by atoms with Gasteiger partial charge >= 0.3 is 0 Å². The Morgan fingerprint density at radius 2 is 1.80 bits per heavy atom. The summed E-state index contributed by atoms with van der Waals surface area (Å²) in [5.41, 5.74) is 0.332.